The summed E-state index contributed by atoms with van der Waals surface area (Å²) in [5, 5.41) is 22.5. The topological polar surface area (TPSA) is 95.6 Å². The first-order chi connectivity index (χ1) is 9.50. The number of amides is 1. The molecule has 0 heterocycles. The van der Waals surface area contributed by atoms with Gasteiger partial charge < -0.3 is 21.3 Å². The molecule has 1 amide bonds. The third-order valence-electron chi connectivity index (χ3n) is 4.43. The van der Waals surface area contributed by atoms with Gasteiger partial charge in [-0.25, -0.2) is 0 Å². The predicted molar refractivity (Wildman–Crippen MR) is 76.7 cm³/mol. The molecule has 2 unspecified atom stereocenters. The lowest BCUT2D eigenvalue weighted by molar-refractivity contribution is 0.0807. The highest BCUT2D eigenvalue weighted by Gasteiger charge is 2.39. The Balaban J connectivity index is 2.25. The van der Waals surface area contributed by atoms with E-state index in [1.54, 1.807) is 0 Å². The van der Waals surface area contributed by atoms with Crippen molar-refractivity contribution in [1.29, 1.82) is 0 Å². The van der Waals surface area contributed by atoms with Crippen molar-refractivity contribution in [2.45, 2.75) is 38.1 Å². The van der Waals surface area contributed by atoms with Crippen LogP contribution in [0.4, 0.5) is 0 Å². The normalized spacial score (nSPS) is 26.2. The van der Waals surface area contributed by atoms with E-state index < -0.39 is 11.4 Å². The highest BCUT2D eigenvalue weighted by molar-refractivity contribution is 5.99. The highest BCUT2D eigenvalue weighted by atomic mass is 16.3. The van der Waals surface area contributed by atoms with Crippen LogP contribution >= 0.6 is 0 Å². The molecule has 2 atom stereocenters. The molecule has 5 nitrogen and oxygen atoms in total. The van der Waals surface area contributed by atoms with Crippen molar-refractivity contribution < 1.29 is 15.0 Å². The lowest BCUT2D eigenvalue weighted by atomic mass is 9.73. The van der Waals surface area contributed by atoms with Crippen molar-refractivity contribution in [3.05, 3.63) is 23.8 Å². The summed E-state index contributed by atoms with van der Waals surface area (Å²) in [5.41, 5.74) is 5.35. The van der Waals surface area contributed by atoms with E-state index in [1.165, 1.54) is 18.2 Å². The van der Waals surface area contributed by atoms with E-state index in [9.17, 15) is 15.0 Å². The van der Waals surface area contributed by atoms with Crippen LogP contribution in [0, 0.1) is 5.92 Å². The molecule has 20 heavy (non-hydrogen) atoms. The summed E-state index contributed by atoms with van der Waals surface area (Å²) in [7, 11) is 0. The summed E-state index contributed by atoms with van der Waals surface area (Å²) in [6.45, 7) is 2.44. The van der Waals surface area contributed by atoms with Gasteiger partial charge in [0.05, 0.1) is 5.54 Å². The van der Waals surface area contributed by atoms with Crippen LogP contribution in [0.3, 0.4) is 0 Å². The average molecular weight is 278 g/mol. The van der Waals surface area contributed by atoms with Gasteiger partial charge in [-0.3, -0.25) is 4.79 Å². The number of phenolic OH excluding ortho intramolecular Hbond substituents is 2. The molecule has 0 aliphatic heterocycles. The van der Waals surface area contributed by atoms with Crippen molar-refractivity contribution in [2.24, 2.45) is 11.7 Å². The van der Waals surface area contributed by atoms with Crippen LogP contribution in [0.25, 0.3) is 0 Å². The number of carbonyl (C=O) groups excluding carboxylic acids is 1. The Morgan fingerprint density at radius 3 is 2.60 bits per heavy atom. The van der Waals surface area contributed by atoms with Gasteiger partial charge in [-0.2, -0.15) is 0 Å². The second-order valence-electron chi connectivity index (χ2n) is 5.63. The van der Waals surface area contributed by atoms with Crippen LogP contribution in [0.1, 0.15) is 43.0 Å². The fraction of sp³-hybridized carbons (Fsp3) is 0.533. The van der Waals surface area contributed by atoms with Crippen LogP contribution in [-0.2, 0) is 0 Å². The standard InChI is InChI=1S/C15H22N2O3/c1-10-5-2-3-8-15(10,9-16)17-14(20)13-11(18)6-4-7-12(13)19/h4,6-7,10,18-19H,2-3,5,8-9,16H2,1H3,(H,17,20). The molecular weight excluding hydrogens is 256 g/mol. The van der Waals surface area contributed by atoms with Gasteiger partial charge >= 0.3 is 0 Å². The van der Waals surface area contributed by atoms with Crippen molar-refractivity contribution in [3.63, 3.8) is 0 Å². The Kier molecular flexibility index (Phi) is 4.18. The quantitative estimate of drug-likeness (QED) is 0.677. The first-order valence-electron chi connectivity index (χ1n) is 7.03. The lowest BCUT2D eigenvalue weighted by Gasteiger charge is -2.42. The summed E-state index contributed by atoms with van der Waals surface area (Å²) in [4.78, 5) is 12.4. The molecule has 1 aliphatic rings. The van der Waals surface area contributed by atoms with Crippen LogP contribution in [0.15, 0.2) is 18.2 Å². The molecule has 0 bridgehead atoms. The number of nitrogens with one attached hydrogen (secondary N) is 1. The number of carbonyl (C=O) groups is 1. The first kappa shape index (κ1) is 14.7. The van der Waals surface area contributed by atoms with Crippen LogP contribution in [-0.4, -0.2) is 28.2 Å². The molecule has 5 N–H and O–H groups in total. The van der Waals surface area contributed by atoms with Gasteiger partial charge in [0.25, 0.3) is 5.91 Å². The molecule has 1 fully saturated rings. The van der Waals surface area contributed by atoms with E-state index in [1.807, 2.05) is 0 Å². The van der Waals surface area contributed by atoms with E-state index in [0.717, 1.165) is 25.7 Å². The third-order valence-corrected chi connectivity index (χ3v) is 4.43. The van der Waals surface area contributed by atoms with E-state index in [2.05, 4.69) is 12.2 Å². The molecule has 0 radical (unpaired) electrons. The lowest BCUT2D eigenvalue weighted by Crippen LogP contribution is -2.59. The van der Waals surface area contributed by atoms with Crippen molar-refractivity contribution >= 4 is 5.91 Å². The SMILES string of the molecule is CC1CCCCC1(CN)NC(=O)c1c(O)cccc1O. The zero-order chi connectivity index (χ0) is 14.8. The zero-order valence-corrected chi connectivity index (χ0v) is 11.7. The third kappa shape index (κ3) is 2.58. The van der Waals surface area contributed by atoms with Crippen LogP contribution in [0.5, 0.6) is 11.5 Å². The van der Waals surface area contributed by atoms with Gasteiger partial charge in [-0.05, 0) is 30.9 Å². The number of nitrogens with two attached hydrogens (primary N) is 1. The van der Waals surface area contributed by atoms with E-state index >= 15 is 0 Å². The van der Waals surface area contributed by atoms with Gasteiger partial charge in [0, 0.05) is 6.54 Å². The molecule has 2 rings (SSSR count). The minimum atomic E-state index is -0.472. The largest absolute Gasteiger partial charge is 0.507 e. The van der Waals surface area contributed by atoms with Crippen LogP contribution < -0.4 is 11.1 Å². The smallest absolute Gasteiger partial charge is 0.259 e. The van der Waals surface area contributed by atoms with Crippen molar-refractivity contribution in [1.82, 2.24) is 5.32 Å². The molecule has 0 saturated heterocycles. The van der Waals surface area contributed by atoms with Gasteiger partial charge in [0.2, 0.25) is 0 Å². The second kappa shape index (κ2) is 5.71. The minimum absolute atomic E-state index is 0.0851. The molecular formula is C15H22N2O3. The zero-order valence-electron chi connectivity index (χ0n) is 11.7. The van der Waals surface area contributed by atoms with E-state index in [4.69, 9.17) is 5.73 Å². The number of hydrogen-bond donors (Lipinski definition) is 4. The van der Waals surface area contributed by atoms with Crippen molar-refractivity contribution in [2.75, 3.05) is 6.54 Å². The number of phenols is 2. The monoisotopic (exact) mass is 278 g/mol. The molecule has 0 aromatic heterocycles. The fourth-order valence-corrected chi connectivity index (χ4v) is 3.00. The summed E-state index contributed by atoms with van der Waals surface area (Å²) in [6, 6.07) is 4.26. The Morgan fingerprint density at radius 2 is 2.05 bits per heavy atom. The Hall–Kier alpha value is -1.75. The maximum absolute atomic E-state index is 12.4. The summed E-state index contributed by atoms with van der Waals surface area (Å²) >= 11 is 0. The number of hydrogen-bond acceptors (Lipinski definition) is 4. The Labute approximate surface area is 118 Å². The maximum atomic E-state index is 12.4. The summed E-state index contributed by atoms with van der Waals surface area (Å²) in [6.07, 6.45) is 4.00. The van der Waals surface area contributed by atoms with Crippen LogP contribution in [0.2, 0.25) is 0 Å². The molecule has 0 spiro atoms. The van der Waals surface area contributed by atoms with E-state index in [-0.39, 0.29) is 23.0 Å². The predicted octanol–water partition coefficient (Wildman–Crippen LogP) is 1.74. The van der Waals surface area contributed by atoms with Gasteiger partial charge in [0.1, 0.15) is 17.1 Å². The molecule has 1 aliphatic carbocycles. The van der Waals surface area contributed by atoms with E-state index in [0.29, 0.717) is 6.54 Å². The van der Waals surface area contributed by atoms with Gasteiger partial charge in [-0.1, -0.05) is 25.8 Å². The van der Waals surface area contributed by atoms with Gasteiger partial charge in [-0.15, -0.1) is 0 Å². The first-order valence-corrected chi connectivity index (χ1v) is 7.03. The molecule has 1 aromatic rings. The van der Waals surface area contributed by atoms with Crippen molar-refractivity contribution in [3.8, 4) is 11.5 Å². The number of rotatable bonds is 3. The summed E-state index contributed by atoms with van der Waals surface area (Å²) < 4.78 is 0. The molecule has 5 heteroatoms. The average Bonchev–Trinajstić information content (AvgIpc) is 2.41. The maximum Gasteiger partial charge on any atom is 0.259 e. The number of benzene rings is 1. The second-order valence-corrected chi connectivity index (χ2v) is 5.63. The molecule has 110 valence electrons. The molecule has 1 aromatic carbocycles. The van der Waals surface area contributed by atoms with Gasteiger partial charge in [0.15, 0.2) is 0 Å². The highest BCUT2D eigenvalue weighted by Crippen LogP contribution is 2.34. The number of aromatic hydroxyl groups is 2. The minimum Gasteiger partial charge on any atom is -0.507 e. The Bertz CT molecular complexity index is 484. The summed E-state index contributed by atoms with van der Waals surface area (Å²) in [5.74, 6) is -0.644. The Morgan fingerprint density at radius 1 is 1.40 bits per heavy atom. The molecule has 1 saturated carbocycles. The fourth-order valence-electron chi connectivity index (χ4n) is 3.00.